The van der Waals surface area contributed by atoms with Crippen molar-refractivity contribution in [2.45, 2.75) is 12.5 Å². The molecule has 1 aliphatic rings. The largest absolute Gasteiger partial charge is 0.497 e. The number of hydrogen-bond acceptors (Lipinski definition) is 4. The van der Waals surface area contributed by atoms with Gasteiger partial charge in [-0.3, -0.25) is 9.89 Å². The van der Waals surface area contributed by atoms with Gasteiger partial charge in [-0.15, -0.1) is 0 Å². The summed E-state index contributed by atoms with van der Waals surface area (Å²) in [7, 11) is 1.66. The molecular formula is C22H23N3O3. The minimum Gasteiger partial charge on any atom is -0.497 e. The Labute approximate surface area is 164 Å². The standard InChI is InChI=1S/C22H23N3O3/c1-27-19-4-2-3-16(13-19)14-20-15-25(11-12-28-20)22(26)18-7-5-17(6-8-18)21-9-10-23-24-21/h2-10,13,20H,11-12,14-15H2,1H3,(H,23,24). The summed E-state index contributed by atoms with van der Waals surface area (Å²) in [6.07, 6.45) is 2.44. The van der Waals surface area contributed by atoms with Gasteiger partial charge in [0.25, 0.3) is 5.91 Å². The number of carbonyl (C=O) groups is 1. The summed E-state index contributed by atoms with van der Waals surface area (Å²) in [5, 5.41) is 6.89. The van der Waals surface area contributed by atoms with E-state index >= 15 is 0 Å². The average molecular weight is 377 g/mol. The van der Waals surface area contributed by atoms with Crippen LogP contribution in [-0.2, 0) is 11.2 Å². The summed E-state index contributed by atoms with van der Waals surface area (Å²) >= 11 is 0. The van der Waals surface area contributed by atoms with Crippen molar-refractivity contribution in [1.82, 2.24) is 15.1 Å². The van der Waals surface area contributed by atoms with Gasteiger partial charge in [0.15, 0.2) is 0 Å². The Kier molecular flexibility index (Phi) is 5.39. The molecule has 2 heterocycles. The van der Waals surface area contributed by atoms with E-state index in [0.717, 1.165) is 29.0 Å². The summed E-state index contributed by atoms with van der Waals surface area (Å²) in [6.45, 7) is 1.74. The first-order valence-electron chi connectivity index (χ1n) is 9.36. The Hall–Kier alpha value is -3.12. The molecular weight excluding hydrogens is 354 g/mol. The molecule has 0 bridgehead atoms. The highest BCUT2D eigenvalue weighted by molar-refractivity contribution is 5.94. The van der Waals surface area contributed by atoms with Crippen LogP contribution in [0, 0.1) is 0 Å². The number of carbonyl (C=O) groups excluding carboxylic acids is 1. The van der Waals surface area contributed by atoms with Crippen LogP contribution >= 0.6 is 0 Å². The van der Waals surface area contributed by atoms with Gasteiger partial charge in [-0.2, -0.15) is 5.10 Å². The molecule has 1 fully saturated rings. The smallest absolute Gasteiger partial charge is 0.254 e. The normalized spacial score (nSPS) is 16.8. The van der Waals surface area contributed by atoms with Gasteiger partial charge in [0.05, 0.1) is 25.5 Å². The highest BCUT2D eigenvalue weighted by atomic mass is 16.5. The summed E-state index contributed by atoms with van der Waals surface area (Å²) in [5.74, 6) is 0.869. The summed E-state index contributed by atoms with van der Waals surface area (Å²) in [5.41, 5.74) is 3.77. The molecule has 1 aliphatic heterocycles. The fourth-order valence-electron chi connectivity index (χ4n) is 3.48. The molecule has 6 heteroatoms. The van der Waals surface area contributed by atoms with Crippen LogP contribution in [0.4, 0.5) is 0 Å². The number of methoxy groups -OCH3 is 1. The number of H-pyrrole nitrogens is 1. The number of morpholine rings is 1. The number of aromatic amines is 1. The van der Waals surface area contributed by atoms with Crippen LogP contribution in [0.2, 0.25) is 0 Å². The molecule has 1 atom stereocenters. The summed E-state index contributed by atoms with van der Waals surface area (Å²) < 4.78 is 11.2. The van der Waals surface area contributed by atoms with Crippen molar-refractivity contribution in [3.05, 3.63) is 71.9 Å². The van der Waals surface area contributed by atoms with Gasteiger partial charge in [-0.25, -0.2) is 0 Å². The van der Waals surface area contributed by atoms with E-state index in [-0.39, 0.29) is 12.0 Å². The first-order valence-corrected chi connectivity index (χ1v) is 9.36. The van der Waals surface area contributed by atoms with E-state index in [9.17, 15) is 4.79 Å². The molecule has 1 amide bonds. The average Bonchev–Trinajstić information content (AvgIpc) is 3.29. The van der Waals surface area contributed by atoms with Crippen LogP contribution in [-0.4, -0.2) is 53.9 Å². The second-order valence-corrected chi connectivity index (χ2v) is 6.85. The Morgan fingerprint density at radius 1 is 1.25 bits per heavy atom. The molecule has 1 saturated heterocycles. The van der Waals surface area contributed by atoms with Gasteiger partial charge < -0.3 is 14.4 Å². The van der Waals surface area contributed by atoms with Gasteiger partial charge in [-0.05, 0) is 41.5 Å². The maximum Gasteiger partial charge on any atom is 0.254 e. The SMILES string of the molecule is COc1cccc(CC2CN(C(=O)c3ccc(-c4ccn[nH]4)cc3)CCO2)c1. The molecule has 3 aromatic rings. The third-order valence-electron chi connectivity index (χ3n) is 4.97. The molecule has 144 valence electrons. The predicted octanol–water partition coefficient (Wildman–Crippen LogP) is 3.17. The van der Waals surface area contributed by atoms with Crippen LogP contribution < -0.4 is 4.74 Å². The lowest BCUT2D eigenvalue weighted by Gasteiger charge is -2.33. The van der Waals surface area contributed by atoms with Crippen LogP contribution in [0.5, 0.6) is 5.75 Å². The van der Waals surface area contributed by atoms with Crippen LogP contribution in [0.3, 0.4) is 0 Å². The number of ether oxygens (including phenoxy) is 2. The maximum absolute atomic E-state index is 12.9. The quantitative estimate of drug-likeness (QED) is 0.742. The monoisotopic (exact) mass is 377 g/mol. The fraction of sp³-hybridized carbons (Fsp3) is 0.273. The number of amides is 1. The second-order valence-electron chi connectivity index (χ2n) is 6.85. The number of nitrogens with zero attached hydrogens (tertiary/aromatic N) is 2. The van der Waals surface area contributed by atoms with Gasteiger partial charge in [0, 0.05) is 31.3 Å². The van der Waals surface area contributed by atoms with Crippen molar-refractivity contribution >= 4 is 5.91 Å². The number of rotatable bonds is 5. The van der Waals surface area contributed by atoms with E-state index in [0.29, 0.717) is 25.3 Å². The summed E-state index contributed by atoms with van der Waals surface area (Å²) in [6, 6.07) is 17.5. The number of benzene rings is 2. The van der Waals surface area contributed by atoms with Crippen molar-refractivity contribution in [1.29, 1.82) is 0 Å². The molecule has 28 heavy (non-hydrogen) atoms. The molecule has 2 aromatic carbocycles. The molecule has 0 spiro atoms. The van der Waals surface area contributed by atoms with Crippen LogP contribution in [0.15, 0.2) is 60.8 Å². The highest BCUT2D eigenvalue weighted by Crippen LogP contribution is 2.20. The third kappa shape index (κ3) is 4.07. The van der Waals surface area contributed by atoms with Gasteiger partial charge >= 0.3 is 0 Å². The topological polar surface area (TPSA) is 67.5 Å². The van der Waals surface area contributed by atoms with E-state index in [1.807, 2.05) is 53.4 Å². The lowest BCUT2D eigenvalue weighted by Crippen LogP contribution is -2.46. The van der Waals surface area contributed by atoms with E-state index in [2.05, 4.69) is 16.3 Å². The lowest BCUT2D eigenvalue weighted by atomic mass is 10.0. The lowest BCUT2D eigenvalue weighted by molar-refractivity contribution is -0.0208. The molecule has 1 aromatic heterocycles. The van der Waals surface area contributed by atoms with Crippen molar-refractivity contribution in [3.63, 3.8) is 0 Å². The van der Waals surface area contributed by atoms with E-state index in [1.54, 1.807) is 13.3 Å². The summed E-state index contributed by atoms with van der Waals surface area (Å²) in [4.78, 5) is 14.8. The van der Waals surface area contributed by atoms with Gasteiger partial charge in [-0.1, -0.05) is 24.3 Å². The van der Waals surface area contributed by atoms with E-state index < -0.39 is 0 Å². The van der Waals surface area contributed by atoms with E-state index in [4.69, 9.17) is 9.47 Å². The minimum atomic E-state index is -0.0194. The number of aromatic nitrogens is 2. The fourth-order valence-corrected chi connectivity index (χ4v) is 3.48. The highest BCUT2D eigenvalue weighted by Gasteiger charge is 2.25. The molecule has 1 unspecified atom stereocenters. The Morgan fingerprint density at radius 2 is 2.11 bits per heavy atom. The van der Waals surface area contributed by atoms with Gasteiger partial charge in [0.2, 0.25) is 0 Å². The van der Waals surface area contributed by atoms with Gasteiger partial charge in [0.1, 0.15) is 5.75 Å². The first kappa shape index (κ1) is 18.3. The molecule has 6 nitrogen and oxygen atoms in total. The van der Waals surface area contributed by atoms with E-state index in [1.165, 1.54) is 0 Å². The molecule has 0 saturated carbocycles. The maximum atomic E-state index is 12.9. The molecule has 0 aliphatic carbocycles. The Morgan fingerprint density at radius 3 is 2.86 bits per heavy atom. The third-order valence-corrected chi connectivity index (χ3v) is 4.97. The second kappa shape index (κ2) is 8.27. The van der Waals surface area contributed by atoms with Crippen LogP contribution in [0.1, 0.15) is 15.9 Å². The zero-order valence-corrected chi connectivity index (χ0v) is 15.8. The predicted molar refractivity (Wildman–Crippen MR) is 106 cm³/mol. The zero-order chi connectivity index (χ0) is 19.3. The number of nitrogens with one attached hydrogen (secondary N) is 1. The van der Waals surface area contributed by atoms with Crippen molar-refractivity contribution in [2.24, 2.45) is 0 Å². The molecule has 4 rings (SSSR count). The van der Waals surface area contributed by atoms with Crippen LogP contribution in [0.25, 0.3) is 11.3 Å². The Bertz CT molecular complexity index is 922. The van der Waals surface area contributed by atoms with Crippen molar-refractivity contribution in [3.8, 4) is 17.0 Å². The first-order chi connectivity index (χ1) is 13.7. The van der Waals surface area contributed by atoms with Crippen molar-refractivity contribution < 1.29 is 14.3 Å². The minimum absolute atomic E-state index is 0.0194. The number of hydrogen-bond donors (Lipinski definition) is 1. The molecule has 0 radical (unpaired) electrons. The Balaban J connectivity index is 1.41. The van der Waals surface area contributed by atoms with Crippen molar-refractivity contribution in [2.75, 3.05) is 26.8 Å². The zero-order valence-electron chi connectivity index (χ0n) is 15.8. The molecule has 1 N–H and O–H groups in total.